The zero-order valence-electron chi connectivity index (χ0n) is 14.8. The molecule has 126 valence electrons. The summed E-state index contributed by atoms with van der Waals surface area (Å²) in [7, 11) is 0. The Labute approximate surface area is 149 Å². The predicted molar refractivity (Wildman–Crippen MR) is 108 cm³/mol. The zero-order valence-corrected chi connectivity index (χ0v) is 14.8. The van der Waals surface area contributed by atoms with Crippen LogP contribution in [0.1, 0.15) is 36.1 Å². The molecule has 2 nitrogen and oxygen atoms in total. The summed E-state index contributed by atoms with van der Waals surface area (Å²) in [6, 6.07) is 17.3. The molecule has 2 aromatic carbocycles. The minimum atomic E-state index is 1.03. The summed E-state index contributed by atoms with van der Waals surface area (Å²) in [6.45, 7) is 4.49. The van der Waals surface area contributed by atoms with Crippen molar-refractivity contribution in [3.8, 4) is 0 Å². The molecule has 2 heterocycles. The third kappa shape index (κ3) is 3.58. The van der Waals surface area contributed by atoms with E-state index in [1.807, 2.05) is 6.20 Å². The molecular formula is C23H24N2. The highest BCUT2D eigenvalue weighted by atomic mass is 15.1. The second-order valence-electron chi connectivity index (χ2n) is 6.88. The van der Waals surface area contributed by atoms with Crippen LogP contribution in [-0.2, 0) is 0 Å². The molecule has 0 spiro atoms. The molecule has 2 heteroatoms. The summed E-state index contributed by atoms with van der Waals surface area (Å²) >= 11 is 0. The number of nitrogens with zero attached hydrogens (tertiary/aromatic N) is 2. The molecule has 1 aliphatic rings. The number of aromatic nitrogens is 1. The molecule has 25 heavy (non-hydrogen) atoms. The van der Waals surface area contributed by atoms with Gasteiger partial charge in [0.15, 0.2) is 0 Å². The summed E-state index contributed by atoms with van der Waals surface area (Å²) in [4.78, 5) is 7.11. The first-order valence-corrected chi connectivity index (χ1v) is 9.18. The van der Waals surface area contributed by atoms with Gasteiger partial charge in [-0.1, -0.05) is 42.5 Å². The molecular weight excluding hydrogens is 304 g/mol. The molecule has 1 aromatic heterocycles. The number of hydrogen-bond donors (Lipinski definition) is 0. The Morgan fingerprint density at radius 1 is 0.880 bits per heavy atom. The monoisotopic (exact) mass is 328 g/mol. The molecule has 1 aliphatic heterocycles. The summed E-state index contributed by atoms with van der Waals surface area (Å²) < 4.78 is 0. The average molecular weight is 328 g/mol. The molecule has 0 atom stereocenters. The van der Waals surface area contributed by atoms with Gasteiger partial charge < -0.3 is 4.90 Å². The Morgan fingerprint density at radius 2 is 1.68 bits per heavy atom. The van der Waals surface area contributed by atoms with Crippen molar-refractivity contribution in [1.29, 1.82) is 0 Å². The Hall–Kier alpha value is -2.61. The van der Waals surface area contributed by atoms with Crippen molar-refractivity contribution in [3.63, 3.8) is 0 Å². The van der Waals surface area contributed by atoms with Crippen molar-refractivity contribution in [3.05, 3.63) is 71.5 Å². The fourth-order valence-corrected chi connectivity index (χ4v) is 3.59. The SMILES string of the molecule is Cc1cnc(C=Cc2ccc3ccccc3c2)cc1N1CCCCC1. The van der Waals surface area contributed by atoms with Gasteiger partial charge in [-0.2, -0.15) is 0 Å². The van der Waals surface area contributed by atoms with E-state index in [0.717, 1.165) is 5.69 Å². The quantitative estimate of drug-likeness (QED) is 0.613. The Balaban J connectivity index is 1.59. The lowest BCUT2D eigenvalue weighted by Gasteiger charge is -2.30. The van der Waals surface area contributed by atoms with Crippen LogP contribution in [0.15, 0.2) is 54.7 Å². The van der Waals surface area contributed by atoms with E-state index < -0.39 is 0 Å². The summed E-state index contributed by atoms with van der Waals surface area (Å²) in [5.74, 6) is 0. The van der Waals surface area contributed by atoms with E-state index in [1.54, 1.807) is 0 Å². The fourth-order valence-electron chi connectivity index (χ4n) is 3.59. The lowest BCUT2D eigenvalue weighted by atomic mass is 10.1. The second kappa shape index (κ2) is 7.10. The minimum absolute atomic E-state index is 1.03. The van der Waals surface area contributed by atoms with Crippen LogP contribution in [0.4, 0.5) is 5.69 Å². The van der Waals surface area contributed by atoms with Gasteiger partial charge in [0.2, 0.25) is 0 Å². The van der Waals surface area contributed by atoms with Gasteiger partial charge in [0.05, 0.1) is 5.69 Å². The molecule has 0 radical (unpaired) electrons. The van der Waals surface area contributed by atoms with Gasteiger partial charge >= 0.3 is 0 Å². The maximum Gasteiger partial charge on any atom is 0.0650 e. The summed E-state index contributed by atoms with van der Waals surface area (Å²) in [6.07, 6.45) is 10.2. The third-order valence-electron chi connectivity index (χ3n) is 5.01. The van der Waals surface area contributed by atoms with Crippen molar-refractivity contribution < 1.29 is 0 Å². The van der Waals surface area contributed by atoms with Crippen LogP contribution in [0.2, 0.25) is 0 Å². The molecule has 0 unspecified atom stereocenters. The van der Waals surface area contributed by atoms with Crippen LogP contribution in [-0.4, -0.2) is 18.1 Å². The Morgan fingerprint density at radius 3 is 2.52 bits per heavy atom. The second-order valence-corrected chi connectivity index (χ2v) is 6.88. The van der Waals surface area contributed by atoms with E-state index in [2.05, 4.69) is 77.5 Å². The van der Waals surface area contributed by atoms with Gasteiger partial charge in [-0.25, -0.2) is 0 Å². The lowest BCUT2D eigenvalue weighted by Crippen LogP contribution is -2.30. The van der Waals surface area contributed by atoms with Crippen molar-refractivity contribution in [2.24, 2.45) is 0 Å². The average Bonchev–Trinajstić information content (AvgIpc) is 2.68. The minimum Gasteiger partial charge on any atom is -0.371 e. The molecule has 0 N–H and O–H groups in total. The van der Waals surface area contributed by atoms with Gasteiger partial charge in [0.1, 0.15) is 0 Å². The van der Waals surface area contributed by atoms with Gasteiger partial charge in [0, 0.05) is 25.0 Å². The largest absolute Gasteiger partial charge is 0.371 e. The van der Waals surface area contributed by atoms with Crippen molar-refractivity contribution in [1.82, 2.24) is 4.98 Å². The number of fused-ring (bicyclic) bond motifs is 1. The number of rotatable bonds is 3. The molecule has 1 fully saturated rings. The molecule has 0 amide bonds. The van der Waals surface area contributed by atoms with Crippen molar-refractivity contribution >= 4 is 28.6 Å². The normalized spacial score (nSPS) is 15.2. The molecule has 0 saturated carbocycles. The number of hydrogen-bond acceptors (Lipinski definition) is 2. The predicted octanol–water partition coefficient (Wildman–Crippen LogP) is 5.70. The Kier molecular flexibility index (Phi) is 4.51. The third-order valence-corrected chi connectivity index (χ3v) is 5.01. The number of pyridine rings is 1. The van der Waals surface area contributed by atoms with Crippen LogP contribution in [0.3, 0.4) is 0 Å². The van der Waals surface area contributed by atoms with Gasteiger partial charge in [-0.15, -0.1) is 0 Å². The molecule has 0 bridgehead atoms. The summed E-state index contributed by atoms with van der Waals surface area (Å²) in [5, 5.41) is 2.55. The van der Waals surface area contributed by atoms with E-state index in [4.69, 9.17) is 0 Å². The van der Waals surface area contributed by atoms with Crippen LogP contribution in [0.25, 0.3) is 22.9 Å². The topological polar surface area (TPSA) is 16.1 Å². The highest BCUT2D eigenvalue weighted by molar-refractivity contribution is 5.85. The van der Waals surface area contributed by atoms with E-state index >= 15 is 0 Å². The number of piperidine rings is 1. The van der Waals surface area contributed by atoms with E-state index in [0.29, 0.717) is 0 Å². The zero-order chi connectivity index (χ0) is 17.1. The maximum atomic E-state index is 4.60. The maximum absolute atomic E-state index is 4.60. The smallest absolute Gasteiger partial charge is 0.0650 e. The first kappa shape index (κ1) is 15.9. The van der Waals surface area contributed by atoms with E-state index in [-0.39, 0.29) is 0 Å². The lowest BCUT2D eigenvalue weighted by molar-refractivity contribution is 0.577. The highest BCUT2D eigenvalue weighted by Crippen LogP contribution is 2.25. The van der Waals surface area contributed by atoms with Crippen LogP contribution < -0.4 is 4.90 Å². The fraction of sp³-hybridized carbons (Fsp3) is 0.261. The van der Waals surface area contributed by atoms with E-state index in [9.17, 15) is 0 Å². The first-order valence-electron chi connectivity index (χ1n) is 9.18. The first-order chi connectivity index (χ1) is 12.3. The molecule has 0 aliphatic carbocycles. The molecule has 1 saturated heterocycles. The number of aryl methyl sites for hydroxylation is 1. The number of benzene rings is 2. The van der Waals surface area contributed by atoms with Crippen LogP contribution >= 0.6 is 0 Å². The Bertz CT molecular complexity index is 905. The standard InChI is InChI=1S/C23H24N2/c1-18-17-24-22(16-23(18)25-13-5-2-6-14-25)12-10-19-9-11-20-7-3-4-8-21(20)15-19/h3-4,7-12,15-17H,2,5-6,13-14H2,1H3. The van der Waals surface area contributed by atoms with Gasteiger partial charge in [-0.05, 0) is 66.3 Å². The highest BCUT2D eigenvalue weighted by Gasteiger charge is 2.13. The summed E-state index contributed by atoms with van der Waals surface area (Å²) in [5.41, 5.74) is 4.84. The van der Waals surface area contributed by atoms with Gasteiger partial charge in [-0.3, -0.25) is 4.98 Å². The van der Waals surface area contributed by atoms with Crippen LogP contribution in [0, 0.1) is 6.92 Å². The van der Waals surface area contributed by atoms with Crippen molar-refractivity contribution in [2.75, 3.05) is 18.0 Å². The van der Waals surface area contributed by atoms with E-state index in [1.165, 1.54) is 59.9 Å². The van der Waals surface area contributed by atoms with Crippen molar-refractivity contribution in [2.45, 2.75) is 26.2 Å². The number of anilines is 1. The van der Waals surface area contributed by atoms with Crippen LogP contribution in [0.5, 0.6) is 0 Å². The molecule has 4 rings (SSSR count). The molecule has 3 aromatic rings. The van der Waals surface area contributed by atoms with Gasteiger partial charge in [0.25, 0.3) is 0 Å².